The summed E-state index contributed by atoms with van der Waals surface area (Å²) in [5.74, 6) is 0.412. The van der Waals surface area contributed by atoms with Crippen LogP contribution in [0.3, 0.4) is 0 Å². The number of aryl methyl sites for hydroxylation is 2. The van der Waals surface area contributed by atoms with Gasteiger partial charge < -0.3 is 15.7 Å². The lowest BCUT2D eigenvalue weighted by molar-refractivity contribution is 0.181. The van der Waals surface area contributed by atoms with Crippen molar-refractivity contribution in [2.75, 3.05) is 13.1 Å². The van der Waals surface area contributed by atoms with E-state index in [4.69, 9.17) is 0 Å². The van der Waals surface area contributed by atoms with Crippen LogP contribution in [0.4, 0.5) is 4.39 Å². The zero-order valence-corrected chi connectivity index (χ0v) is 17.8. The predicted molar refractivity (Wildman–Crippen MR) is 116 cm³/mol. The van der Waals surface area contributed by atoms with Crippen molar-refractivity contribution in [3.63, 3.8) is 0 Å². The van der Waals surface area contributed by atoms with Gasteiger partial charge in [-0.1, -0.05) is 42.0 Å². The largest absolute Gasteiger partial charge is 0.387 e. The highest BCUT2D eigenvalue weighted by atomic mass is 127. The highest BCUT2D eigenvalue weighted by Crippen LogP contribution is 2.13. The first-order valence-electron chi connectivity index (χ1n) is 8.51. The molecule has 2 rings (SSSR count). The van der Waals surface area contributed by atoms with Crippen LogP contribution in [0.1, 0.15) is 35.3 Å². The third kappa shape index (κ3) is 6.92. The van der Waals surface area contributed by atoms with E-state index < -0.39 is 6.10 Å². The molecule has 0 radical (unpaired) electrons. The van der Waals surface area contributed by atoms with Gasteiger partial charge in [-0.25, -0.2) is 9.38 Å². The summed E-state index contributed by atoms with van der Waals surface area (Å²) < 4.78 is 13.3. The lowest BCUT2D eigenvalue weighted by atomic mass is 10.1. The molecule has 1 atom stereocenters. The number of halogens is 2. The molecule has 0 saturated heterocycles. The van der Waals surface area contributed by atoms with Gasteiger partial charge in [-0.15, -0.1) is 24.0 Å². The summed E-state index contributed by atoms with van der Waals surface area (Å²) >= 11 is 0. The summed E-state index contributed by atoms with van der Waals surface area (Å²) in [6.07, 6.45) is -0.613. The normalized spacial score (nSPS) is 12.3. The number of nitrogens with zero attached hydrogens (tertiary/aromatic N) is 1. The average Bonchev–Trinajstić information content (AvgIpc) is 2.60. The van der Waals surface area contributed by atoms with Gasteiger partial charge in [0.05, 0.1) is 12.6 Å². The smallest absolute Gasteiger partial charge is 0.191 e. The van der Waals surface area contributed by atoms with Crippen molar-refractivity contribution >= 4 is 29.9 Å². The molecule has 142 valence electrons. The van der Waals surface area contributed by atoms with Crippen LogP contribution in [0.5, 0.6) is 0 Å². The number of hydrogen-bond acceptors (Lipinski definition) is 2. The van der Waals surface area contributed by atoms with E-state index in [2.05, 4.69) is 15.6 Å². The van der Waals surface area contributed by atoms with Crippen molar-refractivity contribution < 1.29 is 9.50 Å². The fraction of sp³-hybridized carbons (Fsp3) is 0.350. The summed E-state index contributed by atoms with van der Waals surface area (Å²) in [4.78, 5) is 4.50. The Balaban J connectivity index is 0.00000338. The van der Waals surface area contributed by atoms with Gasteiger partial charge in [0, 0.05) is 13.1 Å². The number of aliphatic hydroxyl groups is 1. The number of guanidine groups is 1. The minimum Gasteiger partial charge on any atom is -0.387 e. The molecule has 0 spiro atoms. The summed E-state index contributed by atoms with van der Waals surface area (Å²) in [6, 6.07) is 12.8. The van der Waals surface area contributed by atoms with Crippen molar-refractivity contribution in [1.29, 1.82) is 0 Å². The van der Waals surface area contributed by atoms with Gasteiger partial charge in [-0.2, -0.15) is 0 Å². The number of aliphatic hydroxyl groups excluding tert-OH is 1. The van der Waals surface area contributed by atoms with Gasteiger partial charge in [0.2, 0.25) is 0 Å². The van der Waals surface area contributed by atoms with Crippen LogP contribution >= 0.6 is 24.0 Å². The van der Waals surface area contributed by atoms with E-state index >= 15 is 0 Å². The molecule has 0 amide bonds. The van der Waals surface area contributed by atoms with E-state index in [0.29, 0.717) is 24.6 Å². The van der Waals surface area contributed by atoms with Crippen LogP contribution in [0.25, 0.3) is 0 Å². The van der Waals surface area contributed by atoms with Gasteiger partial charge in [0.1, 0.15) is 5.82 Å². The Labute approximate surface area is 172 Å². The second-order valence-corrected chi connectivity index (χ2v) is 6.09. The summed E-state index contributed by atoms with van der Waals surface area (Å²) in [6.45, 7) is 7.25. The molecule has 0 aliphatic rings. The molecule has 2 aromatic carbocycles. The van der Waals surface area contributed by atoms with Gasteiger partial charge in [-0.3, -0.25) is 0 Å². The highest BCUT2D eigenvalue weighted by molar-refractivity contribution is 14.0. The molecule has 3 N–H and O–H groups in total. The Hall–Kier alpha value is -1.67. The van der Waals surface area contributed by atoms with E-state index in [-0.39, 0.29) is 29.8 Å². The van der Waals surface area contributed by atoms with Crippen LogP contribution in [0, 0.1) is 19.7 Å². The Morgan fingerprint density at radius 2 is 1.81 bits per heavy atom. The monoisotopic (exact) mass is 471 g/mol. The second-order valence-electron chi connectivity index (χ2n) is 6.09. The van der Waals surface area contributed by atoms with Crippen molar-refractivity contribution in [1.82, 2.24) is 10.6 Å². The first kappa shape index (κ1) is 22.4. The van der Waals surface area contributed by atoms with Gasteiger partial charge in [0.25, 0.3) is 0 Å². The maximum Gasteiger partial charge on any atom is 0.191 e. The Morgan fingerprint density at radius 3 is 2.42 bits per heavy atom. The lowest BCUT2D eigenvalue weighted by Crippen LogP contribution is -2.39. The number of benzene rings is 2. The molecule has 26 heavy (non-hydrogen) atoms. The SMILES string of the molecule is CCNC(=NCc1ccc(F)c(C)c1)NCC(O)c1ccc(C)cc1.I. The number of rotatable bonds is 6. The fourth-order valence-corrected chi connectivity index (χ4v) is 2.42. The molecule has 0 saturated carbocycles. The Bertz CT molecular complexity index is 719. The Kier molecular flexibility index (Phi) is 9.58. The van der Waals surface area contributed by atoms with Crippen molar-refractivity contribution in [2.24, 2.45) is 4.99 Å². The maximum absolute atomic E-state index is 13.3. The summed E-state index contributed by atoms with van der Waals surface area (Å²) in [5.41, 5.74) is 3.58. The van der Waals surface area contributed by atoms with Gasteiger partial charge >= 0.3 is 0 Å². The number of hydrogen-bond donors (Lipinski definition) is 3. The zero-order chi connectivity index (χ0) is 18.2. The first-order valence-corrected chi connectivity index (χ1v) is 8.51. The van der Waals surface area contributed by atoms with Crippen LogP contribution < -0.4 is 10.6 Å². The predicted octanol–water partition coefficient (Wildman–Crippen LogP) is 3.85. The standard InChI is InChI=1S/C20H26FN3O.HI/c1-4-22-20(23-12-16-7-10-18(21)15(3)11-16)24-13-19(25)17-8-5-14(2)6-9-17;/h5-11,19,25H,4,12-13H2,1-3H3,(H2,22,23,24);1H. The molecule has 0 aliphatic carbocycles. The average molecular weight is 471 g/mol. The van der Waals surface area contributed by atoms with Crippen LogP contribution in [-0.2, 0) is 6.54 Å². The molecular weight excluding hydrogens is 444 g/mol. The van der Waals surface area contributed by atoms with Crippen molar-refractivity contribution in [3.8, 4) is 0 Å². The maximum atomic E-state index is 13.3. The van der Waals surface area contributed by atoms with E-state index in [9.17, 15) is 9.50 Å². The quantitative estimate of drug-likeness (QED) is 0.341. The number of nitrogens with one attached hydrogen (secondary N) is 2. The Morgan fingerprint density at radius 1 is 1.12 bits per heavy atom. The minimum absolute atomic E-state index is 0. The van der Waals surface area contributed by atoms with Crippen molar-refractivity contribution in [3.05, 3.63) is 70.5 Å². The van der Waals surface area contributed by atoms with E-state index in [1.54, 1.807) is 19.1 Å². The zero-order valence-electron chi connectivity index (χ0n) is 15.4. The van der Waals surface area contributed by atoms with Gasteiger partial charge in [0.15, 0.2) is 5.96 Å². The third-order valence-electron chi connectivity index (χ3n) is 3.91. The molecule has 0 aromatic heterocycles. The van der Waals surface area contributed by atoms with Crippen molar-refractivity contribution in [2.45, 2.75) is 33.4 Å². The second kappa shape index (κ2) is 11.1. The molecule has 6 heteroatoms. The highest BCUT2D eigenvalue weighted by Gasteiger charge is 2.08. The van der Waals surface area contributed by atoms with Crippen LogP contribution in [-0.4, -0.2) is 24.2 Å². The minimum atomic E-state index is -0.613. The van der Waals surface area contributed by atoms with E-state index in [1.807, 2.05) is 38.1 Å². The number of aliphatic imine (C=N–C) groups is 1. The third-order valence-corrected chi connectivity index (χ3v) is 3.91. The van der Waals surface area contributed by atoms with Gasteiger partial charge in [-0.05, 0) is 43.5 Å². The fourth-order valence-electron chi connectivity index (χ4n) is 2.42. The van der Waals surface area contributed by atoms with E-state index in [1.165, 1.54) is 6.07 Å². The topological polar surface area (TPSA) is 56.7 Å². The molecular formula is C20H27FIN3O. The summed E-state index contributed by atoms with van der Waals surface area (Å²) in [5, 5.41) is 16.6. The summed E-state index contributed by atoms with van der Waals surface area (Å²) in [7, 11) is 0. The molecule has 0 aliphatic heterocycles. The molecule has 0 heterocycles. The first-order chi connectivity index (χ1) is 12.0. The van der Waals surface area contributed by atoms with E-state index in [0.717, 1.165) is 23.2 Å². The lowest BCUT2D eigenvalue weighted by Gasteiger charge is -2.16. The molecule has 0 fully saturated rings. The molecule has 1 unspecified atom stereocenters. The van der Waals surface area contributed by atoms with Crippen LogP contribution in [0.2, 0.25) is 0 Å². The molecule has 0 bridgehead atoms. The van der Waals surface area contributed by atoms with Crippen LogP contribution in [0.15, 0.2) is 47.5 Å². The molecule has 4 nitrogen and oxygen atoms in total. The molecule has 2 aromatic rings.